The lowest BCUT2D eigenvalue weighted by atomic mass is 10.1. The van der Waals surface area contributed by atoms with Gasteiger partial charge in [-0.25, -0.2) is 0 Å². The van der Waals surface area contributed by atoms with Crippen LogP contribution in [-0.4, -0.2) is 23.1 Å². The molecular formula is C13H24N4O. The molecule has 102 valence electrons. The van der Waals surface area contributed by atoms with Gasteiger partial charge in [0.1, 0.15) is 5.69 Å². The fourth-order valence-electron chi connectivity index (χ4n) is 1.92. The predicted octanol–water partition coefficient (Wildman–Crippen LogP) is 0.641. The maximum Gasteiger partial charge on any atom is 0.269 e. The summed E-state index contributed by atoms with van der Waals surface area (Å²) in [6.07, 6.45) is 5.35. The molecule has 5 nitrogen and oxygen atoms in total. The molecular weight excluding hydrogens is 228 g/mol. The number of aromatic amines is 1. The van der Waals surface area contributed by atoms with Crippen LogP contribution >= 0.6 is 0 Å². The minimum Gasteiger partial charge on any atom is -0.330 e. The summed E-state index contributed by atoms with van der Waals surface area (Å²) in [4.78, 5) is 19.2. The number of nitrogens with zero attached hydrogens (tertiary/aromatic N) is 1. The Kier molecular flexibility index (Phi) is 6.60. The van der Waals surface area contributed by atoms with Crippen LogP contribution in [0.25, 0.3) is 0 Å². The molecule has 1 aromatic heterocycles. The van der Waals surface area contributed by atoms with Crippen LogP contribution < -0.4 is 17.0 Å². The predicted molar refractivity (Wildman–Crippen MR) is 73.6 cm³/mol. The largest absolute Gasteiger partial charge is 0.330 e. The molecule has 0 saturated carbocycles. The van der Waals surface area contributed by atoms with Crippen molar-refractivity contribution in [2.45, 2.75) is 45.4 Å². The van der Waals surface area contributed by atoms with E-state index in [9.17, 15) is 4.79 Å². The Hall–Kier alpha value is -1.20. The van der Waals surface area contributed by atoms with E-state index in [0.29, 0.717) is 25.2 Å². The summed E-state index contributed by atoms with van der Waals surface area (Å²) in [7, 11) is 0. The average Bonchev–Trinajstić information content (AvgIpc) is 2.35. The normalized spacial score (nSPS) is 10.8. The van der Waals surface area contributed by atoms with Crippen molar-refractivity contribution in [2.75, 3.05) is 13.1 Å². The fourth-order valence-corrected chi connectivity index (χ4v) is 1.92. The van der Waals surface area contributed by atoms with E-state index < -0.39 is 0 Å². The summed E-state index contributed by atoms with van der Waals surface area (Å²) in [5, 5.41) is 0. The van der Waals surface area contributed by atoms with Gasteiger partial charge in [0.25, 0.3) is 5.56 Å². The SMILES string of the molecule is Cc1nc(CCCCN)c(=O)[nH]c1CCCCN. The highest BCUT2D eigenvalue weighted by Gasteiger charge is 2.07. The van der Waals surface area contributed by atoms with Gasteiger partial charge in [-0.05, 0) is 58.5 Å². The van der Waals surface area contributed by atoms with Crippen LogP contribution in [0.3, 0.4) is 0 Å². The van der Waals surface area contributed by atoms with E-state index in [-0.39, 0.29) is 5.56 Å². The Labute approximate surface area is 108 Å². The van der Waals surface area contributed by atoms with Crippen molar-refractivity contribution in [2.24, 2.45) is 11.5 Å². The van der Waals surface area contributed by atoms with E-state index in [1.165, 1.54) is 0 Å². The number of H-pyrrole nitrogens is 1. The molecule has 0 amide bonds. The maximum absolute atomic E-state index is 11.8. The van der Waals surface area contributed by atoms with Crippen molar-refractivity contribution in [3.05, 3.63) is 27.4 Å². The van der Waals surface area contributed by atoms with Gasteiger partial charge < -0.3 is 16.5 Å². The third-order valence-corrected chi connectivity index (χ3v) is 3.01. The van der Waals surface area contributed by atoms with Gasteiger partial charge in [0, 0.05) is 5.69 Å². The second-order valence-electron chi connectivity index (χ2n) is 4.57. The highest BCUT2D eigenvalue weighted by molar-refractivity contribution is 5.13. The second-order valence-corrected chi connectivity index (χ2v) is 4.57. The van der Waals surface area contributed by atoms with Crippen LogP contribution in [0.4, 0.5) is 0 Å². The van der Waals surface area contributed by atoms with Gasteiger partial charge in [0.05, 0.1) is 5.69 Å². The van der Waals surface area contributed by atoms with Crippen molar-refractivity contribution in [1.82, 2.24) is 9.97 Å². The fraction of sp³-hybridized carbons (Fsp3) is 0.692. The van der Waals surface area contributed by atoms with Crippen LogP contribution in [0.1, 0.15) is 42.8 Å². The molecule has 0 aliphatic rings. The third kappa shape index (κ3) is 4.58. The standard InChI is InChI=1S/C13H24N4O/c1-10-11(6-2-4-8-14)17-13(18)12(16-10)7-3-5-9-15/h2-9,14-15H2,1H3,(H,17,18). The molecule has 0 unspecified atom stereocenters. The van der Waals surface area contributed by atoms with Crippen molar-refractivity contribution >= 4 is 0 Å². The first-order valence-electron chi connectivity index (χ1n) is 6.67. The summed E-state index contributed by atoms with van der Waals surface area (Å²) in [6, 6.07) is 0. The van der Waals surface area contributed by atoms with Gasteiger partial charge >= 0.3 is 0 Å². The molecule has 0 fully saturated rings. The molecule has 0 radical (unpaired) electrons. The number of aryl methyl sites for hydroxylation is 3. The number of nitrogens with one attached hydrogen (secondary N) is 1. The minimum absolute atomic E-state index is 0.0552. The molecule has 0 spiro atoms. The van der Waals surface area contributed by atoms with Gasteiger partial charge in [-0.1, -0.05) is 0 Å². The van der Waals surface area contributed by atoms with Crippen LogP contribution in [0, 0.1) is 6.92 Å². The highest BCUT2D eigenvalue weighted by atomic mass is 16.1. The molecule has 0 saturated heterocycles. The summed E-state index contributed by atoms with van der Waals surface area (Å²) in [5.41, 5.74) is 13.3. The van der Waals surface area contributed by atoms with Gasteiger partial charge in [-0.3, -0.25) is 9.78 Å². The summed E-state index contributed by atoms with van der Waals surface area (Å²) in [5.74, 6) is 0. The minimum atomic E-state index is -0.0552. The first kappa shape index (κ1) is 14.9. The smallest absolute Gasteiger partial charge is 0.269 e. The zero-order valence-corrected chi connectivity index (χ0v) is 11.2. The zero-order chi connectivity index (χ0) is 13.4. The molecule has 18 heavy (non-hydrogen) atoms. The van der Waals surface area contributed by atoms with Crippen molar-refractivity contribution < 1.29 is 0 Å². The lowest BCUT2D eigenvalue weighted by Gasteiger charge is -2.07. The molecule has 0 aliphatic heterocycles. The summed E-state index contributed by atoms with van der Waals surface area (Å²) in [6.45, 7) is 3.29. The van der Waals surface area contributed by atoms with E-state index in [1.54, 1.807) is 0 Å². The lowest BCUT2D eigenvalue weighted by molar-refractivity contribution is 0.699. The first-order valence-corrected chi connectivity index (χ1v) is 6.67. The Balaban J connectivity index is 2.68. The van der Waals surface area contributed by atoms with E-state index in [0.717, 1.165) is 43.5 Å². The first-order chi connectivity index (χ1) is 8.69. The molecule has 5 N–H and O–H groups in total. The maximum atomic E-state index is 11.8. The van der Waals surface area contributed by atoms with Gasteiger partial charge in [-0.2, -0.15) is 0 Å². The van der Waals surface area contributed by atoms with Gasteiger partial charge in [0.15, 0.2) is 0 Å². The van der Waals surface area contributed by atoms with E-state index >= 15 is 0 Å². The van der Waals surface area contributed by atoms with Gasteiger partial charge in [0.2, 0.25) is 0 Å². The lowest BCUT2D eigenvalue weighted by Crippen LogP contribution is -2.19. The average molecular weight is 252 g/mol. The van der Waals surface area contributed by atoms with Crippen molar-refractivity contribution in [3.8, 4) is 0 Å². The van der Waals surface area contributed by atoms with Crippen LogP contribution in [0.2, 0.25) is 0 Å². The molecule has 0 aromatic carbocycles. The molecule has 1 rings (SSSR count). The Bertz CT molecular complexity index is 414. The number of nitrogens with two attached hydrogens (primary N) is 2. The monoisotopic (exact) mass is 252 g/mol. The zero-order valence-electron chi connectivity index (χ0n) is 11.2. The molecule has 0 atom stereocenters. The van der Waals surface area contributed by atoms with Crippen LogP contribution in [0.15, 0.2) is 4.79 Å². The molecule has 0 bridgehead atoms. The topological polar surface area (TPSA) is 97.8 Å². The number of rotatable bonds is 8. The highest BCUT2D eigenvalue weighted by Crippen LogP contribution is 2.06. The second kappa shape index (κ2) is 8.00. The van der Waals surface area contributed by atoms with Crippen LogP contribution in [0.5, 0.6) is 0 Å². The summed E-state index contributed by atoms with van der Waals surface area (Å²) >= 11 is 0. The third-order valence-electron chi connectivity index (χ3n) is 3.01. The quantitative estimate of drug-likeness (QED) is 0.591. The van der Waals surface area contributed by atoms with E-state index in [4.69, 9.17) is 11.5 Å². The van der Waals surface area contributed by atoms with Crippen molar-refractivity contribution in [3.63, 3.8) is 0 Å². The van der Waals surface area contributed by atoms with E-state index in [1.807, 2.05) is 6.92 Å². The molecule has 1 heterocycles. The number of unbranched alkanes of at least 4 members (excludes halogenated alkanes) is 2. The number of hydrogen-bond acceptors (Lipinski definition) is 4. The van der Waals surface area contributed by atoms with E-state index in [2.05, 4.69) is 9.97 Å². The Morgan fingerprint density at radius 2 is 1.67 bits per heavy atom. The van der Waals surface area contributed by atoms with Crippen molar-refractivity contribution in [1.29, 1.82) is 0 Å². The van der Waals surface area contributed by atoms with Gasteiger partial charge in [-0.15, -0.1) is 0 Å². The molecule has 5 heteroatoms. The Morgan fingerprint density at radius 1 is 1.06 bits per heavy atom. The molecule has 1 aromatic rings. The number of hydrogen-bond donors (Lipinski definition) is 3. The summed E-state index contributed by atoms with van der Waals surface area (Å²) < 4.78 is 0. The van der Waals surface area contributed by atoms with Crippen LogP contribution in [-0.2, 0) is 12.8 Å². The Morgan fingerprint density at radius 3 is 2.28 bits per heavy atom. The number of aromatic nitrogens is 2. The molecule has 0 aliphatic carbocycles.